The molecule has 1 unspecified atom stereocenters. The third-order valence-corrected chi connectivity index (χ3v) is 5.38. The molecule has 0 aliphatic rings. The zero-order chi connectivity index (χ0) is 24.2. The molecule has 3 aromatic carbocycles. The van der Waals surface area contributed by atoms with Gasteiger partial charge in [0.2, 0.25) is 0 Å². The Hall–Kier alpha value is -2.96. The lowest BCUT2D eigenvalue weighted by molar-refractivity contribution is -0.138. The van der Waals surface area contributed by atoms with Crippen LogP contribution in [-0.4, -0.2) is 6.18 Å². The Morgan fingerprint density at radius 2 is 1.36 bits per heavy atom. The molecule has 7 heteroatoms. The lowest BCUT2D eigenvalue weighted by Gasteiger charge is -2.22. The van der Waals surface area contributed by atoms with Gasteiger partial charge in [0.05, 0.1) is 5.56 Å². The van der Waals surface area contributed by atoms with Gasteiger partial charge in [0.25, 0.3) is 0 Å². The van der Waals surface area contributed by atoms with E-state index in [4.69, 9.17) is 4.74 Å². The number of alkyl halides is 6. The molecule has 1 atom stereocenters. The molecule has 33 heavy (non-hydrogen) atoms. The van der Waals surface area contributed by atoms with Gasteiger partial charge in [-0.15, -0.1) is 0 Å². The van der Waals surface area contributed by atoms with E-state index in [9.17, 15) is 26.3 Å². The Kier molecular flexibility index (Phi) is 7.40. The molecule has 0 spiro atoms. The predicted octanol–water partition coefficient (Wildman–Crippen LogP) is 8.84. The predicted molar refractivity (Wildman–Crippen MR) is 116 cm³/mol. The molecule has 0 saturated heterocycles. The normalized spacial score (nSPS) is 13.1. The van der Waals surface area contributed by atoms with Crippen molar-refractivity contribution in [2.24, 2.45) is 0 Å². The number of halogens is 6. The lowest BCUT2D eigenvalue weighted by Crippen LogP contribution is -2.12. The van der Waals surface area contributed by atoms with Gasteiger partial charge in [-0.25, -0.2) is 0 Å². The molecule has 176 valence electrons. The van der Waals surface area contributed by atoms with Crippen LogP contribution in [0.2, 0.25) is 0 Å². The topological polar surface area (TPSA) is 9.23 Å². The van der Waals surface area contributed by atoms with Gasteiger partial charge in [0.1, 0.15) is 11.9 Å². The van der Waals surface area contributed by atoms with E-state index in [1.807, 2.05) is 32.0 Å². The highest BCUT2D eigenvalue weighted by Gasteiger charge is 2.30. The Bertz CT molecular complexity index is 1030. The monoisotopic (exact) mass is 466 g/mol. The van der Waals surface area contributed by atoms with Crippen LogP contribution in [0, 0.1) is 13.8 Å². The van der Waals surface area contributed by atoms with Crippen LogP contribution in [0.25, 0.3) is 11.1 Å². The molecule has 0 aliphatic heterocycles. The minimum atomic E-state index is -4.40. The molecule has 0 N–H and O–H groups in total. The number of hydrogen-bond donors (Lipinski definition) is 0. The second kappa shape index (κ2) is 9.89. The molecule has 0 bridgehead atoms. The maximum absolute atomic E-state index is 12.9. The summed E-state index contributed by atoms with van der Waals surface area (Å²) in [5.74, 6) is 0.501. The summed E-state index contributed by atoms with van der Waals surface area (Å²) in [6, 6.07) is 17.5. The van der Waals surface area contributed by atoms with Crippen molar-refractivity contribution < 1.29 is 31.1 Å². The smallest absolute Gasteiger partial charge is 0.416 e. The van der Waals surface area contributed by atoms with Gasteiger partial charge in [-0.1, -0.05) is 42.5 Å². The summed E-state index contributed by atoms with van der Waals surface area (Å²) in [5.41, 5.74) is 3.10. The van der Waals surface area contributed by atoms with Crippen molar-refractivity contribution in [3.63, 3.8) is 0 Å². The van der Waals surface area contributed by atoms with Crippen LogP contribution in [0.5, 0.6) is 5.75 Å². The van der Waals surface area contributed by atoms with Crippen LogP contribution >= 0.6 is 0 Å². The molecule has 0 saturated carbocycles. The van der Waals surface area contributed by atoms with E-state index in [0.717, 1.165) is 34.4 Å². The van der Waals surface area contributed by atoms with E-state index in [-0.39, 0.29) is 12.8 Å². The molecule has 1 nitrogen and oxygen atoms in total. The van der Waals surface area contributed by atoms with Crippen molar-refractivity contribution in [2.45, 2.75) is 51.6 Å². The molecule has 0 aromatic heterocycles. The largest absolute Gasteiger partial charge is 0.486 e. The van der Waals surface area contributed by atoms with Crippen molar-refractivity contribution >= 4 is 0 Å². The zero-order valence-corrected chi connectivity index (χ0v) is 18.2. The Morgan fingerprint density at radius 1 is 0.788 bits per heavy atom. The maximum Gasteiger partial charge on any atom is 0.416 e. The van der Waals surface area contributed by atoms with Crippen LogP contribution in [0.1, 0.15) is 47.6 Å². The van der Waals surface area contributed by atoms with Crippen LogP contribution < -0.4 is 4.74 Å². The van der Waals surface area contributed by atoms with Gasteiger partial charge in [-0.05, 0) is 78.8 Å². The minimum Gasteiger partial charge on any atom is -0.486 e. The first-order valence-corrected chi connectivity index (χ1v) is 10.5. The molecular formula is C26H24F6O. The fraction of sp³-hybridized carbons (Fsp3) is 0.308. The summed E-state index contributed by atoms with van der Waals surface area (Å²) in [4.78, 5) is 0. The van der Waals surface area contributed by atoms with Gasteiger partial charge in [-0.3, -0.25) is 0 Å². The standard InChI is InChI=1S/C26H24F6O/c1-17-15-22(16-18(2)24(17)20-10-12-21(13-11-20)26(30,31)32)33-23(9-6-14-25(27,28)29)19-7-4-3-5-8-19/h3-5,7-8,10-13,15-16,23H,6,9,14H2,1-2H3. The highest BCUT2D eigenvalue weighted by molar-refractivity contribution is 5.72. The van der Waals surface area contributed by atoms with Gasteiger partial charge in [-0.2, -0.15) is 26.3 Å². The number of benzene rings is 3. The third kappa shape index (κ3) is 6.76. The zero-order valence-electron chi connectivity index (χ0n) is 18.2. The van der Waals surface area contributed by atoms with Gasteiger partial charge in [0.15, 0.2) is 0 Å². The number of ether oxygens (including phenoxy) is 1. The van der Waals surface area contributed by atoms with Crippen LogP contribution in [0.15, 0.2) is 66.7 Å². The third-order valence-electron chi connectivity index (χ3n) is 5.38. The van der Waals surface area contributed by atoms with Gasteiger partial charge in [0, 0.05) is 6.42 Å². The first kappa shape index (κ1) is 24.7. The van der Waals surface area contributed by atoms with Gasteiger partial charge >= 0.3 is 12.4 Å². The molecule has 0 heterocycles. The van der Waals surface area contributed by atoms with E-state index in [2.05, 4.69) is 0 Å². The molecule has 0 amide bonds. The average molecular weight is 466 g/mol. The SMILES string of the molecule is Cc1cc(OC(CCCC(F)(F)F)c2ccccc2)cc(C)c1-c1ccc(C(F)(F)F)cc1. The molecule has 0 radical (unpaired) electrons. The van der Waals surface area contributed by atoms with E-state index in [0.29, 0.717) is 11.3 Å². The summed E-state index contributed by atoms with van der Waals surface area (Å²) in [5, 5.41) is 0. The first-order chi connectivity index (χ1) is 15.4. The quantitative estimate of drug-likeness (QED) is 0.316. The van der Waals surface area contributed by atoms with E-state index in [1.165, 1.54) is 12.1 Å². The highest BCUT2D eigenvalue weighted by atomic mass is 19.4. The Labute approximate surface area is 189 Å². The molecule has 0 aliphatic carbocycles. The van der Waals surface area contributed by atoms with Crippen molar-refractivity contribution in [3.8, 4) is 16.9 Å². The van der Waals surface area contributed by atoms with E-state index >= 15 is 0 Å². The lowest BCUT2D eigenvalue weighted by atomic mass is 9.94. The van der Waals surface area contributed by atoms with Crippen LogP contribution in [0.4, 0.5) is 26.3 Å². The summed E-state index contributed by atoms with van der Waals surface area (Å²) >= 11 is 0. The first-order valence-electron chi connectivity index (χ1n) is 10.5. The van der Waals surface area contributed by atoms with Crippen LogP contribution in [0.3, 0.4) is 0 Å². The Morgan fingerprint density at radius 3 is 1.88 bits per heavy atom. The number of aryl methyl sites for hydroxylation is 2. The average Bonchev–Trinajstić information content (AvgIpc) is 2.72. The van der Waals surface area contributed by atoms with Crippen molar-refractivity contribution in [2.75, 3.05) is 0 Å². The minimum absolute atomic E-state index is 0.0648. The molecule has 3 rings (SSSR count). The van der Waals surface area contributed by atoms with Crippen molar-refractivity contribution in [1.29, 1.82) is 0 Å². The fourth-order valence-electron chi connectivity index (χ4n) is 3.89. The molecule has 3 aromatic rings. The van der Waals surface area contributed by atoms with Crippen molar-refractivity contribution in [1.82, 2.24) is 0 Å². The summed E-state index contributed by atoms with van der Waals surface area (Å²) < 4.78 is 82.6. The summed E-state index contributed by atoms with van der Waals surface area (Å²) in [6.07, 6.45) is -9.93. The molecular weight excluding hydrogens is 442 g/mol. The summed E-state index contributed by atoms with van der Waals surface area (Å²) in [6.45, 7) is 3.65. The second-order valence-corrected chi connectivity index (χ2v) is 8.03. The van der Waals surface area contributed by atoms with Crippen LogP contribution in [-0.2, 0) is 6.18 Å². The fourth-order valence-corrected chi connectivity index (χ4v) is 3.89. The number of hydrogen-bond acceptors (Lipinski definition) is 1. The number of rotatable bonds is 7. The van der Waals surface area contributed by atoms with Crippen molar-refractivity contribution in [3.05, 3.63) is 89.0 Å². The van der Waals surface area contributed by atoms with E-state index in [1.54, 1.807) is 24.3 Å². The van der Waals surface area contributed by atoms with Gasteiger partial charge < -0.3 is 4.74 Å². The maximum atomic E-state index is 12.9. The Balaban J connectivity index is 1.84. The molecule has 0 fully saturated rings. The highest BCUT2D eigenvalue weighted by Crippen LogP contribution is 2.36. The summed E-state index contributed by atoms with van der Waals surface area (Å²) in [7, 11) is 0. The van der Waals surface area contributed by atoms with E-state index < -0.39 is 30.4 Å². The second-order valence-electron chi connectivity index (χ2n) is 8.03.